The molecule has 3 aliphatic rings. The lowest BCUT2D eigenvalue weighted by atomic mass is 9.80. The van der Waals surface area contributed by atoms with E-state index in [9.17, 15) is 18.7 Å². The molecule has 2 saturated heterocycles. The lowest BCUT2D eigenvalue weighted by molar-refractivity contribution is -0.141. The van der Waals surface area contributed by atoms with Crippen molar-refractivity contribution in [3.8, 4) is 5.69 Å². The number of carbonyl (C=O) groups excluding carboxylic acids is 1. The van der Waals surface area contributed by atoms with Crippen LogP contribution >= 0.6 is 0 Å². The van der Waals surface area contributed by atoms with Gasteiger partial charge >= 0.3 is 0 Å². The summed E-state index contributed by atoms with van der Waals surface area (Å²) in [7, 11) is 0. The third-order valence-electron chi connectivity index (χ3n) is 8.57. The number of hydrogen-bond donors (Lipinski definition) is 2. The second-order valence-corrected chi connectivity index (χ2v) is 11.2. The summed E-state index contributed by atoms with van der Waals surface area (Å²) < 4.78 is 27.7. The van der Waals surface area contributed by atoms with Gasteiger partial charge in [0, 0.05) is 66.9 Å². The van der Waals surface area contributed by atoms with E-state index in [0.29, 0.717) is 39.1 Å². The Morgan fingerprint density at radius 3 is 2.55 bits per heavy atom. The molecule has 0 saturated carbocycles. The van der Waals surface area contributed by atoms with Gasteiger partial charge in [0.15, 0.2) is 0 Å². The number of amides is 1. The number of nitrogens with zero attached hydrogens (tertiary/aromatic N) is 4. The van der Waals surface area contributed by atoms with Crippen LogP contribution in [-0.2, 0) is 4.79 Å². The summed E-state index contributed by atoms with van der Waals surface area (Å²) in [5.74, 6) is 0.319. The Morgan fingerprint density at radius 2 is 1.82 bits per heavy atom. The standard InChI is InChI=1S/C31H35F2N5O2/c32-28(33)23-6-8-25(9-7-23)38-15-11-24-19-36(21-35-29(24)38)20-31(40)12-16-37(17-13-31)30(39)26-10-14-34-18-27(26)22-4-2-1-3-5-22/h1-9,11,15,19,26-28,34,40H,10,12-14,16-18,20-21H2/t26-,27+/m1/s1. The molecule has 0 aliphatic carbocycles. The van der Waals surface area contributed by atoms with E-state index in [0.717, 1.165) is 35.9 Å². The average molecular weight is 548 g/mol. The van der Waals surface area contributed by atoms with Crippen molar-refractivity contribution in [2.45, 2.75) is 37.2 Å². The first kappa shape index (κ1) is 26.7. The van der Waals surface area contributed by atoms with E-state index in [1.54, 1.807) is 12.1 Å². The van der Waals surface area contributed by atoms with E-state index < -0.39 is 12.0 Å². The largest absolute Gasteiger partial charge is 0.388 e. The number of aromatic nitrogens is 1. The minimum Gasteiger partial charge on any atom is -0.388 e. The minimum absolute atomic E-state index is 0.00722. The molecule has 40 heavy (non-hydrogen) atoms. The highest BCUT2D eigenvalue weighted by Gasteiger charge is 2.39. The molecule has 210 valence electrons. The van der Waals surface area contributed by atoms with Crippen LogP contribution in [0.5, 0.6) is 0 Å². The van der Waals surface area contributed by atoms with Crippen LogP contribution in [0.3, 0.4) is 0 Å². The van der Waals surface area contributed by atoms with Crippen molar-refractivity contribution in [2.24, 2.45) is 10.9 Å². The van der Waals surface area contributed by atoms with Crippen molar-refractivity contribution in [2.75, 3.05) is 39.4 Å². The van der Waals surface area contributed by atoms with Crippen LogP contribution < -0.4 is 16.0 Å². The van der Waals surface area contributed by atoms with Crippen molar-refractivity contribution < 1.29 is 18.7 Å². The van der Waals surface area contributed by atoms with E-state index >= 15 is 0 Å². The van der Waals surface area contributed by atoms with Crippen molar-refractivity contribution in [3.05, 3.63) is 88.7 Å². The van der Waals surface area contributed by atoms with Gasteiger partial charge in [-0.25, -0.2) is 13.8 Å². The SMILES string of the molecule is O=C([C@@H]1CCNC[C@H]1c1ccccc1)N1CCC(O)(CN2C=c3ccn(-c4ccc(C(F)F)cc4)c3=NC2)CC1. The number of carbonyl (C=O) groups is 1. The predicted molar refractivity (Wildman–Crippen MR) is 148 cm³/mol. The van der Waals surface area contributed by atoms with Gasteiger partial charge in [-0.1, -0.05) is 42.5 Å². The first-order valence-corrected chi connectivity index (χ1v) is 14.0. The molecule has 2 fully saturated rings. The molecule has 2 aromatic carbocycles. The molecule has 0 unspecified atom stereocenters. The van der Waals surface area contributed by atoms with Gasteiger partial charge in [-0.15, -0.1) is 0 Å². The zero-order valence-electron chi connectivity index (χ0n) is 22.4. The summed E-state index contributed by atoms with van der Waals surface area (Å²) in [5.41, 5.74) is 1.83. The number of rotatable bonds is 6. The molecule has 4 heterocycles. The molecular formula is C31H35F2N5O2. The zero-order valence-corrected chi connectivity index (χ0v) is 22.4. The van der Waals surface area contributed by atoms with Crippen LogP contribution in [0.15, 0.2) is 71.9 Å². The number of benzene rings is 2. The highest BCUT2D eigenvalue weighted by molar-refractivity contribution is 5.80. The summed E-state index contributed by atoms with van der Waals surface area (Å²) in [6.07, 6.45) is 3.26. The second kappa shape index (κ2) is 11.1. The number of hydrogen-bond acceptors (Lipinski definition) is 5. The number of piperidine rings is 2. The van der Waals surface area contributed by atoms with Crippen molar-refractivity contribution >= 4 is 12.1 Å². The molecule has 2 N–H and O–H groups in total. The Labute approximate surface area is 232 Å². The van der Waals surface area contributed by atoms with E-state index in [-0.39, 0.29) is 23.3 Å². The lowest BCUT2D eigenvalue weighted by Gasteiger charge is -2.43. The smallest absolute Gasteiger partial charge is 0.263 e. The number of fused-ring (bicyclic) bond motifs is 1. The van der Waals surface area contributed by atoms with E-state index in [4.69, 9.17) is 4.99 Å². The average Bonchev–Trinajstić information content (AvgIpc) is 3.41. The molecule has 6 rings (SSSR count). The van der Waals surface area contributed by atoms with Gasteiger partial charge in [0.2, 0.25) is 5.91 Å². The van der Waals surface area contributed by atoms with E-state index in [1.807, 2.05) is 51.0 Å². The lowest BCUT2D eigenvalue weighted by Crippen LogP contribution is -2.54. The highest BCUT2D eigenvalue weighted by Crippen LogP contribution is 2.33. The van der Waals surface area contributed by atoms with Crippen LogP contribution in [0.1, 0.15) is 42.7 Å². The summed E-state index contributed by atoms with van der Waals surface area (Å²) >= 11 is 0. The predicted octanol–water partition coefficient (Wildman–Crippen LogP) is 2.79. The number of halogens is 2. The van der Waals surface area contributed by atoms with E-state index in [2.05, 4.69) is 17.4 Å². The van der Waals surface area contributed by atoms with Crippen LogP contribution in [-0.4, -0.2) is 70.4 Å². The Bertz CT molecular complexity index is 1450. The fraction of sp³-hybridized carbons (Fsp3) is 0.419. The molecular weight excluding hydrogens is 512 g/mol. The molecule has 9 heteroatoms. The zero-order chi connectivity index (χ0) is 27.7. The topological polar surface area (TPSA) is 73.1 Å². The quantitative estimate of drug-likeness (QED) is 0.498. The number of alkyl halides is 2. The van der Waals surface area contributed by atoms with Gasteiger partial charge in [0.25, 0.3) is 6.43 Å². The first-order chi connectivity index (χ1) is 19.4. The Hall–Kier alpha value is -3.56. The van der Waals surface area contributed by atoms with Gasteiger partial charge in [-0.05, 0) is 49.6 Å². The van der Waals surface area contributed by atoms with Crippen molar-refractivity contribution in [3.63, 3.8) is 0 Å². The summed E-state index contributed by atoms with van der Waals surface area (Å²) in [4.78, 5) is 22.3. The molecule has 2 atom stereocenters. The van der Waals surface area contributed by atoms with Crippen molar-refractivity contribution in [1.29, 1.82) is 0 Å². The monoisotopic (exact) mass is 547 g/mol. The number of aliphatic hydroxyl groups is 1. The first-order valence-electron chi connectivity index (χ1n) is 14.0. The molecule has 0 spiro atoms. The fourth-order valence-corrected chi connectivity index (χ4v) is 6.31. The molecule has 0 bridgehead atoms. The van der Waals surface area contributed by atoms with Crippen molar-refractivity contribution in [1.82, 2.24) is 19.7 Å². The maximum Gasteiger partial charge on any atom is 0.263 e. The number of β-amino-alcohol motifs (C(OH)–C–C–N with tert-alkyl or cyclic N) is 1. The van der Waals surface area contributed by atoms with Crippen LogP contribution in [0.4, 0.5) is 8.78 Å². The molecule has 1 amide bonds. The normalized spacial score (nSPS) is 22.4. The summed E-state index contributed by atoms with van der Waals surface area (Å²) in [5, 5.41) is 15.8. The minimum atomic E-state index is -2.49. The maximum absolute atomic E-state index is 13.6. The maximum atomic E-state index is 13.6. The Balaban J connectivity index is 1.09. The van der Waals surface area contributed by atoms with Gasteiger partial charge in [-0.2, -0.15) is 0 Å². The number of likely N-dealkylation sites (tertiary alicyclic amines) is 1. The molecule has 7 nitrogen and oxygen atoms in total. The van der Waals surface area contributed by atoms with Crippen LogP contribution in [0.25, 0.3) is 11.9 Å². The highest BCUT2D eigenvalue weighted by atomic mass is 19.3. The summed E-state index contributed by atoms with van der Waals surface area (Å²) in [6.45, 7) is 3.56. The van der Waals surface area contributed by atoms with E-state index in [1.165, 1.54) is 17.7 Å². The van der Waals surface area contributed by atoms with Gasteiger partial charge in [0.1, 0.15) is 12.2 Å². The van der Waals surface area contributed by atoms with Crippen LogP contribution in [0.2, 0.25) is 0 Å². The summed E-state index contributed by atoms with van der Waals surface area (Å²) in [6, 6.07) is 18.4. The molecule has 3 aromatic rings. The van der Waals surface area contributed by atoms with Gasteiger partial charge in [0.05, 0.1) is 5.60 Å². The molecule has 3 aliphatic heterocycles. The Morgan fingerprint density at radius 1 is 1.07 bits per heavy atom. The Kier molecular flexibility index (Phi) is 7.42. The third kappa shape index (κ3) is 5.40. The molecule has 0 radical (unpaired) electrons. The van der Waals surface area contributed by atoms with Gasteiger partial charge < -0.3 is 24.8 Å². The van der Waals surface area contributed by atoms with Crippen LogP contribution in [0, 0.1) is 5.92 Å². The van der Waals surface area contributed by atoms with Gasteiger partial charge in [-0.3, -0.25) is 4.79 Å². The molecule has 1 aromatic heterocycles. The number of nitrogens with one attached hydrogen (secondary N) is 1. The third-order valence-corrected chi connectivity index (χ3v) is 8.57. The second-order valence-electron chi connectivity index (χ2n) is 11.2. The fourth-order valence-electron chi connectivity index (χ4n) is 6.31.